The predicted octanol–water partition coefficient (Wildman–Crippen LogP) is 0.922. The molecule has 0 aromatic heterocycles. The Morgan fingerprint density at radius 1 is 1.02 bits per heavy atom. The number of fused-ring (bicyclic) bond motifs is 3. The summed E-state index contributed by atoms with van der Waals surface area (Å²) in [5.41, 5.74) is 3.97. The molecule has 7 N–H and O–H groups in total. The molecule has 5 rings (SSSR count). The Hall–Kier alpha value is -4.52. The van der Waals surface area contributed by atoms with Crippen LogP contribution in [0.15, 0.2) is 53.3 Å². The van der Waals surface area contributed by atoms with Crippen molar-refractivity contribution in [2.75, 3.05) is 41.3 Å². The molecule has 0 spiro atoms. The highest BCUT2D eigenvalue weighted by Crippen LogP contribution is 2.53. The van der Waals surface area contributed by atoms with Gasteiger partial charge in [0.05, 0.1) is 11.6 Å². The molecule has 0 radical (unpaired) electrons. The zero-order chi connectivity index (χ0) is 32.2. The molecule has 2 aromatic rings. The number of Topliss-reactive ketones (excluding diaryl/α,β-unsaturated/α-hetero) is 2. The minimum absolute atomic E-state index is 0.00398. The van der Waals surface area contributed by atoms with E-state index in [2.05, 4.69) is 5.32 Å². The lowest BCUT2D eigenvalue weighted by atomic mass is 9.57. The van der Waals surface area contributed by atoms with Crippen molar-refractivity contribution in [1.82, 2.24) is 15.1 Å². The first-order valence-electron chi connectivity index (χ1n) is 14.2. The van der Waals surface area contributed by atoms with Crippen LogP contribution < -0.4 is 11.1 Å². The number of ketones is 2. The highest BCUT2D eigenvalue weighted by molar-refractivity contribution is 6.24. The van der Waals surface area contributed by atoms with Crippen molar-refractivity contribution in [3.8, 4) is 16.9 Å². The minimum atomic E-state index is -2.69. The molecule has 0 aliphatic heterocycles. The van der Waals surface area contributed by atoms with E-state index < -0.39 is 58.0 Å². The number of hydrogen-bond donors (Lipinski definition) is 6. The van der Waals surface area contributed by atoms with Crippen LogP contribution in [0.25, 0.3) is 16.9 Å². The number of rotatable bonds is 7. The van der Waals surface area contributed by atoms with Crippen molar-refractivity contribution in [3.63, 3.8) is 0 Å². The van der Waals surface area contributed by atoms with E-state index in [4.69, 9.17) is 5.73 Å². The summed E-state index contributed by atoms with van der Waals surface area (Å²) in [4.78, 5) is 55.4. The summed E-state index contributed by atoms with van der Waals surface area (Å²) in [7, 11) is 6.93. The number of phenols is 1. The zero-order valence-electron chi connectivity index (χ0n) is 24.9. The standard InChI is InChI=1S/C32H36N4O8/c1-35(2)12-11-34-31(43)16-7-5-15(6-8-16)18-9-10-21(37)23-19(18)13-17-14-20-25(36(3)4)27(39)24(30(33)42)29(41)32(20,44)28(40)22(17)26(23)38/h5-10,17,20,25,37-38,41,44H,11-14H2,1-4H3,(H2,33,42)(H,34,43)/t17-,20-,25-,32-/m1/s1. The van der Waals surface area contributed by atoms with Crippen molar-refractivity contribution < 1.29 is 39.6 Å². The molecule has 0 saturated heterocycles. The highest BCUT2D eigenvalue weighted by Gasteiger charge is 2.64. The lowest BCUT2D eigenvalue weighted by Crippen LogP contribution is -2.65. The Balaban J connectivity index is 1.58. The number of primary amides is 1. The van der Waals surface area contributed by atoms with Gasteiger partial charge in [0.25, 0.3) is 11.8 Å². The van der Waals surface area contributed by atoms with Gasteiger partial charge in [0.15, 0.2) is 11.4 Å². The zero-order valence-corrected chi connectivity index (χ0v) is 24.9. The molecular weight excluding hydrogens is 568 g/mol. The van der Waals surface area contributed by atoms with Crippen LogP contribution in [0.1, 0.15) is 27.9 Å². The third-order valence-electron chi connectivity index (χ3n) is 8.91. The summed E-state index contributed by atoms with van der Waals surface area (Å²) >= 11 is 0. The predicted molar refractivity (Wildman–Crippen MR) is 161 cm³/mol. The summed E-state index contributed by atoms with van der Waals surface area (Å²) in [5, 5.41) is 47.9. The number of nitrogens with two attached hydrogens (primary N) is 1. The molecule has 1 saturated carbocycles. The summed E-state index contributed by atoms with van der Waals surface area (Å²) in [6.07, 6.45) is 0.151. The Morgan fingerprint density at radius 2 is 1.68 bits per heavy atom. The summed E-state index contributed by atoms with van der Waals surface area (Å²) < 4.78 is 0. The van der Waals surface area contributed by atoms with Gasteiger partial charge < -0.3 is 36.4 Å². The molecule has 12 heteroatoms. The second-order valence-electron chi connectivity index (χ2n) is 12.1. The molecule has 4 atom stereocenters. The molecule has 2 amide bonds. The first-order valence-corrected chi connectivity index (χ1v) is 14.2. The molecule has 1 fully saturated rings. The Morgan fingerprint density at radius 3 is 2.27 bits per heavy atom. The molecule has 232 valence electrons. The smallest absolute Gasteiger partial charge is 0.255 e. The maximum Gasteiger partial charge on any atom is 0.255 e. The average Bonchev–Trinajstić information content (AvgIpc) is 2.94. The van der Waals surface area contributed by atoms with Gasteiger partial charge in [0.2, 0.25) is 5.78 Å². The molecular formula is C32H36N4O8. The van der Waals surface area contributed by atoms with E-state index in [-0.39, 0.29) is 35.6 Å². The van der Waals surface area contributed by atoms with Crippen molar-refractivity contribution in [3.05, 3.63) is 70.0 Å². The minimum Gasteiger partial charge on any atom is -0.508 e. The number of aliphatic hydroxyl groups is 3. The van der Waals surface area contributed by atoms with Crippen molar-refractivity contribution >= 4 is 29.1 Å². The van der Waals surface area contributed by atoms with Crippen molar-refractivity contribution in [2.24, 2.45) is 17.6 Å². The summed E-state index contributed by atoms with van der Waals surface area (Å²) in [5.74, 6) is -7.21. The highest BCUT2D eigenvalue weighted by atomic mass is 16.3. The fourth-order valence-corrected chi connectivity index (χ4v) is 6.81. The van der Waals surface area contributed by atoms with Crippen LogP contribution >= 0.6 is 0 Å². The van der Waals surface area contributed by atoms with Crippen molar-refractivity contribution in [1.29, 1.82) is 0 Å². The van der Waals surface area contributed by atoms with Gasteiger partial charge >= 0.3 is 0 Å². The fraction of sp³-hybridized carbons (Fsp3) is 0.375. The number of benzene rings is 2. The normalized spacial score (nSPS) is 24.8. The third-order valence-corrected chi connectivity index (χ3v) is 8.91. The van der Waals surface area contributed by atoms with E-state index in [9.17, 15) is 39.6 Å². The van der Waals surface area contributed by atoms with Gasteiger partial charge in [0, 0.05) is 30.1 Å². The second kappa shape index (κ2) is 11.2. The van der Waals surface area contributed by atoms with Crippen molar-refractivity contribution in [2.45, 2.75) is 24.5 Å². The van der Waals surface area contributed by atoms with Gasteiger partial charge in [-0.15, -0.1) is 0 Å². The molecule has 3 aliphatic rings. The lowest BCUT2D eigenvalue weighted by molar-refractivity contribution is -0.153. The van der Waals surface area contributed by atoms with E-state index in [1.165, 1.54) is 11.0 Å². The molecule has 2 aromatic carbocycles. The first kappa shape index (κ1) is 30.9. The number of amides is 2. The number of nitrogens with zero attached hydrogens (tertiary/aromatic N) is 2. The van der Waals surface area contributed by atoms with Gasteiger partial charge in [-0.1, -0.05) is 18.2 Å². The number of aliphatic hydroxyl groups excluding tert-OH is 2. The number of aromatic hydroxyl groups is 1. The van der Waals surface area contributed by atoms with Crippen LogP contribution in [0.4, 0.5) is 0 Å². The van der Waals surface area contributed by atoms with E-state index in [0.29, 0.717) is 35.3 Å². The number of carbonyl (C=O) groups excluding carboxylic acids is 4. The van der Waals surface area contributed by atoms with Crippen LogP contribution in [0, 0.1) is 11.8 Å². The Bertz CT molecular complexity index is 1640. The van der Waals surface area contributed by atoms with Crippen LogP contribution in [0.3, 0.4) is 0 Å². The number of phenolic OH excluding ortho intramolecular Hbond substituents is 1. The Kier molecular flexibility index (Phi) is 7.87. The maximum atomic E-state index is 14.0. The van der Waals surface area contributed by atoms with Crippen LogP contribution in [0.5, 0.6) is 5.75 Å². The van der Waals surface area contributed by atoms with E-state index in [1.807, 2.05) is 19.0 Å². The molecule has 0 bridgehead atoms. The van der Waals surface area contributed by atoms with Gasteiger partial charge in [-0.3, -0.25) is 24.1 Å². The van der Waals surface area contributed by atoms with E-state index in [1.54, 1.807) is 44.4 Å². The maximum absolute atomic E-state index is 14.0. The fourth-order valence-electron chi connectivity index (χ4n) is 6.81. The number of nitrogens with one attached hydrogen (secondary N) is 1. The quantitative estimate of drug-likeness (QED) is 0.248. The van der Waals surface area contributed by atoms with Gasteiger partial charge in [-0.2, -0.15) is 0 Å². The van der Waals surface area contributed by atoms with Crippen LogP contribution in [-0.2, 0) is 20.8 Å². The SMILES string of the molecule is CN(C)CCNC(=O)c1ccc(-c2ccc(O)c3c2C[C@@H]2C[C@@H]4[C@@H](N(C)C)C(=O)C(C(N)=O)=C(O)[C@]4(O)C(=O)C2=C3O)cc1. The topological polar surface area (TPSA) is 194 Å². The summed E-state index contributed by atoms with van der Waals surface area (Å²) in [6.45, 7) is 1.18. The average molecular weight is 605 g/mol. The van der Waals surface area contributed by atoms with Crippen LogP contribution in [0.2, 0.25) is 0 Å². The van der Waals surface area contributed by atoms with Crippen LogP contribution in [-0.4, -0.2) is 107 Å². The molecule has 44 heavy (non-hydrogen) atoms. The largest absolute Gasteiger partial charge is 0.508 e. The number of hydrogen-bond acceptors (Lipinski definition) is 10. The molecule has 3 aliphatic carbocycles. The second-order valence-corrected chi connectivity index (χ2v) is 12.1. The van der Waals surface area contributed by atoms with Gasteiger partial charge in [-0.25, -0.2) is 0 Å². The third kappa shape index (κ3) is 4.75. The summed E-state index contributed by atoms with van der Waals surface area (Å²) in [6, 6.07) is 8.76. The number of carbonyl (C=O) groups is 4. The Labute approximate surface area is 254 Å². The monoisotopic (exact) mass is 604 g/mol. The molecule has 12 nitrogen and oxygen atoms in total. The molecule has 0 heterocycles. The molecule has 0 unspecified atom stereocenters. The lowest BCUT2D eigenvalue weighted by Gasteiger charge is -2.50. The first-order chi connectivity index (χ1) is 20.7. The van der Waals surface area contributed by atoms with E-state index in [0.717, 1.165) is 0 Å². The number of likely N-dealkylation sites (N-methyl/N-ethyl adjacent to an activating group) is 2. The van der Waals surface area contributed by atoms with E-state index >= 15 is 0 Å². The van der Waals surface area contributed by atoms with Gasteiger partial charge in [0.1, 0.15) is 22.8 Å². The van der Waals surface area contributed by atoms with Gasteiger partial charge in [-0.05, 0) is 81.8 Å².